The monoisotopic (exact) mass is 276 g/mol. The van der Waals surface area contributed by atoms with Gasteiger partial charge in [0.15, 0.2) is 0 Å². The minimum atomic E-state index is -0.311. The molecule has 1 heterocycles. The molecule has 0 spiro atoms. The summed E-state index contributed by atoms with van der Waals surface area (Å²) in [5, 5.41) is 10.0. The minimum absolute atomic E-state index is 0.311. The smallest absolute Gasteiger partial charge is 0.119 e. The lowest BCUT2D eigenvalue weighted by molar-refractivity contribution is 0.0981. The molecule has 20 heavy (non-hydrogen) atoms. The lowest BCUT2D eigenvalue weighted by atomic mass is 9.89. The molecule has 1 N–H and O–H groups in total. The van der Waals surface area contributed by atoms with Gasteiger partial charge in [-0.2, -0.15) is 0 Å². The second-order valence-electron chi connectivity index (χ2n) is 5.89. The van der Waals surface area contributed by atoms with E-state index in [1.807, 2.05) is 12.1 Å². The summed E-state index contributed by atoms with van der Waals surface area (Å²) in [7, 11) is 0. The summed E-state index contributed by atoms with van der Waals surface area (Å²) in [4.78, 5) is 0. The van der Waals surface area contributed by atoms with Crippen LogP contribution >= 0.6 is 0 Å². The van der Waals surface area contributed by atoms with Crippen LogP contribution in [0.5, 0.6) is 5.75 Å². The van der Waals surface area contributed by atoms with Gasteiger partial charge in [0.25, 0.3) is 0 Å². The molecule has 1 fully saturated rings. The van der Waals surface area contributed by atoms with E-state index in [0.29, 0.717) is 6.10 Å². The molecule has 0 bridgehead atoms. The SMILES string of the molecule is OC1CCCc2ccc(OCCCC3CCCO3)cc21. The molecule has 3 nitrogen and oxygen atoms in total. The Bertz CT molecular complexity index is 438. The van der Waals surface area contributed by atoms with Crippen LogP contribution in [-0.4, -0.2) is 24.4 Å². The predicted octanol–water partition coefficient (Wildman–Crippen LogP) is 3.39. The molecule has 2 atom stereocenters. The fraction of sp³-hybridized carbons (Fsp3) is 0.647. The van der Waals surface area contributed by atoms with Crippen molar-refractivity contribution in [1.29, 1.82) is 0 Å². The maximum absolute atomic E-state index is 10.0. The van der Waals surface area contributed by atoms with Crippen LogP contribution in [0.25, 0.3) is 0 Å². The molecular formula is C17H24O3. The van der Waals surface area contributed by atoms with E-state index in [1.54, 1.807) is 0 Å². The molecule has 1 aliphatic carbocycles. The van der Waals surface area contributed by atoms with Gasteiger partial charge < -0.3 is 14.6 Å². The van der Waals surface area contributed by atoms with Crippen molar-refractivity contribution in [2.75, 3.05) is 13.2 Å². The highest BCUT2D eigenvalue weighted by atomic mass is 16.5. The molecule has 1 saturated heterocycles. The van der Waals surface area contributed by atoms with E-state index in [2.05, 4.69) is 6.07 Å². The van der Waals surface area contributed by atoms with Crippen LogP contribution in [0, 0.1) is 0 Å². The number of aliphatic hydroxyl groups excluding tert-OH is 1. The van der Waals surface area contributed by atoms with Crippen LogP contribution in [0.1, 0.15) is 55.8 Å². The van der Waals surface area contributed by atoms with Crippen molar-refractivity contribution in [1.82, 2.24) is 0 Å². The number of ether oxygens (including phenoxy) is 2. The number of aryl methyl sites for hydroxylation is 1. The van der Waals surface area contributed by atoms with Gasteiger partial charge in [0, 0.05) is 6.61 Å². The average Bonchev–Trinajstić information content (AvgIpc) is 2.98. The summed E-state index contributed by atoms with van der Waals surface area (Å²) < 4.78 is 11.4. The molecule has 1 aromatic rings. The average molecular weight is 276 g/mol. The Morgan fingerprint density at radius 3 is 3.05 bits per heavy atom. The number of benzene rings is 1. The lowest BCUT2D eigenvalue weighted by Gasteiger charge is -2.22. The van der Waals surface area contributed by atoms with Gasteiger partial charge in [-0.15, -0.1) is 0 Å². The van der Waals surface area contributed by atoms with Gasteiger partial charge >= 0.3 is 0 Å². The Morgan fingerprint density at radius 2 is 2.20 bits per heavy atom. The second kappa shape index (κ2) is 6.59. The van der Waals surface area contributed by atoms with E-state index >= 15 is 0 Å². The zero-order valence-corrected chi connectivity index (χ0v) is 12.0. The molecule has 0 radical (unpaired) electrons. The first kappa shape index (κ1) is 13.9. The van der Waals surface area contributed by atoms with E-state index in [9.17, 15) is 5.11 Å². The van der Waals surface area contributed by atoms with E-state index in [-0.39, 0.29) is 6.10 Å². The topological polar surface area (TPSA) is 38.7 Å². The van der Waals surface area contributed by atoms with Gasteiger partial charge in [-0.1, -0.05) is 6.07 Å². The first-order chi connectivity index (χ1) is 9.83. The number of hydrogen-bond donors (Lipinski definition) is 1. The summed E-state index contributed by atoms with van der Waals surface area (Å²) in [6.45, 7) is 1.66. The van der Waals surface area contributed by atoms with E-state index in [0.717, 1.165) is 56.6 Å². The summed E-state index contributed by atoms with van der Waals surface area (Å²) in [6, 6.07) is 6.15. The van der Waals surface area contributed by atoms with Crippen LogP contribution < -0.4 is 4.74 Å². The zero-order valence-electron chi connectivity index (χ0n) is 12.0. The lowest BCUT2D eigenvalue weighted by Crippen LogP contribution is -2.10. The molecule has 1 aromatic carbocycles. The molecule has 110 valence electrons. The third kappa shape index (κ3) is 3.33. The Labute approximate surface area is 120 Å². The largest absolute Gasteiger partial charge is 0.494 e. The maximum Gasteiger partial charge on any atom is 0.119 e. The first-order valence-corrected chi connectivity index (χ1v) is 7.88. The van der Waals surface area contributed by atoms with Crippen molar-refractivity contribution in [2.45, 2.75) is 57.2 Å². The molecule has 2 unspecified atom stereocenters. The number of fused-ring (bicyclic) bond motifs is 1. The molecule has 3 rings (SSSR count). The minimum Gasteiger partial charge on any atom is -0.494 e. The Kier molecular flexibility index (Phi) is 4.58. The van der Waals surface area contributed by atoms with Gasteiger partial charge in [0.1, 0.15) is 5.75 Å². The van der Waals surface area contributed by atoms with Gasteiger partial charge in [0.05, 0.1) is 18.8 Å². The second-order valence-corrected chi connectivity index (χ2v) is 5.89. The summed E-state index contributed by atoms with van der Waals surface area (Å²) in [5.41, 5.74) is 2.34. The maximum atomic E-state index is 10.0. The van der Waals surface area contributed by atoms with Gasteiger partial charge in [-0.3, -0.25) is 0 Å². The molecule has 0 saturated carbocycles. The molecule has 0 amide bonds. The number of rotatable bonds is 5. The highest BCUT2D eigenvalue weighted by Gasteiger charge is 2.18. The summed E-state index contributed by atoms with van der Waals surface area (Å²) >= 11 is 0. The molecule has 2 aliphatic rings. The Hall–Kier alpha value is -1.06. The molecule has 1 aliphatic heterocycles. The molecular weight excluding hydrogens is 252 g/mol. The third-order valence-electron chi connectivity index (χ3n) is 4.36. The quantitative estimate of drug-likeness (QED) is 0.838. The summed E-state index contributed by atoms with van der Waals surface area (Å²) in [5.74, 6) is 0.886. The van der Waals surface area contributed by atoms with Crippen molar-refractivity contribution < 1.29 is 14.6 Å². The van der Waals surface area contributed by atoms with E-state index < -0.39 is 0 Å². The van der Waals surface area contributed by atoms with Crippen molar-refractivity contribution in [3.8, 4) is 5.75 Å². The van der Waals surface area contributed by atoms with E-state index in [1.165, 1.54) is 18.4 Å². The van der Waals surface area contributed by atoms with Crippen molar-refractivity contribution in [3.05, 3.63) is 29.3 Å². The predicted molar refractivity (Wildman–Crippen MR) is 78.0 cm³/mol. The highest BCUT2D eigenvalue weighted by Crippen LogP contribution is 2.32. The Balaban J connectivity index is 1.49. The van der Waals surface area contributed by atoms with Crippen LogP contribution in [0.4, 0.5) is 0 Å². The van der Waals surface area contributed by atoms with Crippen LogP contribution in [0.2, 0.25) is 0 Å². The highest BCUT2D eigenvalue weighted by molar-refractivity contribution is 5.38. The van der Waals surface area contributed by atoms with E-state index in [4.69, 9.17) is 9.47 Å². The number of hydrogen-bond acceptors (Lipinski definition) is 3. The summed E-state index contributed by atoms with van der Waals surface area (Å²) in [6.07, 6.45) is 7.69. The van der Waals surface area contributed by atoms with Crippen LogP contribution in [0.3, 0.4) is 0 Å². The standard InChI is InChI=1S/C17H24O3/c18-17-7-1-4-13-8-9-15(12-16(13)17)20-11-3-6-14-5-2-10-19-14/h8-9,12,14,17-18H,1-7,10-11H2. The Morgan fingerprint density at radius 1 is 1.25 bits per heavy atom. The van der Waals surface area contributed by atoms with Crippen molar-refractivity contribution in [2.24, 2.45) is 0 Å². The number of aliphatic hydroxyl groups is 1. The van der Waals surface area contributed by atoms with Crippen molar-refractivity contribution in [3.63, 3.8) is 0 Å². The van der Waals surface area contributed by atoms with Gasteiger partial charge in [-0.25, -0.2) is 0 Å². The first-order valence-electron chi connectivity index (χ1n) is 7.88. The normalized spacial score (nSPS) is 25.4. The van der Waals surface area contributed by atoms with Crippen LogP contribution in [-0.2, 0) is 11.2 Å². The van der Waals surface area contributed by atoms with Crippen LogP contribution in [0.15, 0.2) is 18.2 Å². The fourth-order valence-electron chi connectivity index (χ4n) is 3.22. The third-order valence-corrected chi connectivity index (χ3v) is 4.36. The zero-order chi connectivity index (χ0) is 13.8. The van der Waals surface area contributed by atoms with Crippen molar-refractivity contribution >= 4 is 0 Å². The molecule has 3 heteroatoms. The van der Waals surface area contributed by atoms with Gasteiger partial charge in [0.2, 0.25) is 0 Å². The van der Waals surface area contributed by atoms with Gasteiger partial charge in [-0.05, 0) is 68.2 Å². The molecule has 0 aromatic heterocycles. The fourth-order valence-corrected chi connectivity index (χ4v) is 3.22.